The number of rotatable bonds is 4. The summed E-state index contributed by atoms with van der Waals surface area (Å²) in [7, 11) is 0. The molecule has 9 heteroatoms. The van der Waals surface area contributed by atoms with Crippen LogP contribution >= 0.6 is 0 Å². The second-order valence-electron chi connectivity index (χ2n) is 8.43. The topological polar surface area (TPSA) is 56.1 Å². The van der Waals surface area contributed by atoms with Crippen molar-refractivity contribution >= 4 is 0 Å². The minimum absolute atomic E-state index is 0.120. The number of hydrogen-bond acceptors (Lipinski definition) is 5. The zero-order chi connectivity index (χ0) is 21.3. The number of ether oxygens (including phenoxy) is 1. The zero-order valence-electron chi connectivity index (χ0n) is 17.4. The normalized spacial score (nSPS) is 23.8. The molecule has 4 rings (SSSR count). The summed E-state index contributed by atoms with van der Waals surface area (Å²) in [5.74, 6) is 1.66. The Morgan fingerprint density at radius 3 is 2.67 bits per heavy atom. The molecular formula is C21H28F3N5O. The van der Waals surface area contributed by atoms with E-state index in [4.69, 9.17) is 9.72 Å². The minimum Gasteiger partial charge on any atom is -0.380 e. The molecule has 0 N–H and O–H groups in total. The number of hydrogen-bond donors (Lipinski definition) is 0. The van der Waals surface area contributed by atoms with Crippen LogP contribution in [-0.4, -0.2) is 57.0 Å². The van der Waals surface area contributed by atoms with Crippen LogP contribution in [0.4, 0.5) is 13.2 Å². The van der Waals surface area contributed by atoms with Gasteiger partial charge in [0.1, 0.15) is 11.5 Å². The molecule has 2 fully saturated rings. The third-order valence-corrected chi connectivity index (χ3v) is 6.00. The van der Waals surface area contributed by atoms with Crippen LogP contribution < -0.4 is 0 Å². The summed E-state index contributed by atoms with van der Waals surface area (Å²) in [5.41, 5.74) is -0.405. The van der Waals surface area contributed by atoms with E-state index < -0.39 is 11.9 Å². The fourth-order valence-corrected chi connectivity index (χ4v) is 4.46. The van der Waals surface area contributed by atoms with Gasteiger partial charge in [0.15, 0.2) is 5.82 Å². The molecule has 0 aromatic carbocycles. The molecule has 2 aliphatic rings. The highest BCUT2D eigenvalue weighted by Crippen LogP contribution is 2.38. The Balaban J connectivity index is 1.54. The van der Waals surface area contributed by atoms with Crippen LogP contribution in [0.5, 0.6) is 0 Å². The lowest BCUT2D eigenvalue weighted by atomic mass is 10.1. The van der Waals surface area contributed by atoms with E-state index in [1.807, 2.05) is 18.5 Å². The van der Waals surface area contributed by atoms with Crippen molar-refractivity contribution in [2.45, 2.75) is 63.7 Å². The van der Waals surface area contributed by atoms with Crippen molar-refractivity contribution in [2.75, 3.05) is 26.3 Å². The predicted molar refractivity (Wildman–Crippen MR) is 106 cm³/mol. The molecule has 0 spiro atoms. The number of alkyl halides is 3. The molecule has 2 atom stereocenters. The summed E-state index contributed by atoms with van der Waals surface area (Å²) in [4.78, 5) is 10.8. The number of halogens is 3. The molecule has 3 heterocycles. The van der Waals surface area contributed by atoms with E-state index in [0.29, 0.717) is 23.3 Å². The first-order chi connectivity index (χ1) is 14.3. The number of aromatic nitrogens is 4. The van der Waals surface area contributed by atoms with Crippen LogP contribution in [0.1, 0.15) is 63.0 Å². The summed E-state index contributed by atoms with van der Waals surface area (Å²) in [6, 6.07) is 3.02. The molecule has 1 unspecified atom stereocenters. The smallest absolute Gasteiger partial charge is 0.380 e. The summed E-state index contributed by atoms with van der Waals surface area (Å²) in [6.45, 7) is 7.75. The maximum atomic E-state index is 12.8. The largest absolute Gasteiger partial charge is 0.433 e. The summed E-state index contributed by atoms with van der Waals surface area (Å²) in [6.07, 6.45) is 1.00. The molecule has 1 aliphatic heterocycles. The molecule has 0 amide bonds. The van der Waals surface area contributed by atoms with Gasteiger partial charge >= 0.3 is 6.18 Å². The average molecular weight is 423 g/mol. The Kier molecular flexibility index (Phi) is 6.11. The second kappa shape index (κ2) is 8.63. The van der Waals surface area contributed by atoms with Gasteiger partial charge in [0.25, 0.3) is 0 Å². The quantitative estimate of drug-likeness (QED) is 0.734. The lowest BCUT2D eigenvalue weighted by molar-refractivity contribution is -0.141. The second-order valence-corrected chi connectivity index (χ2v) is 8.43. The highest BCUT2D eigenvalue weighted by molar-refractivity contribution is 5.53. The molecule has 0 bridgehead atoms. The molecule has 30 heavy (non-hydrogen) atoms. The third kappa shape index (κ3) is 4.51. The van der Waals surface area contributed by atoms with Gasteiger partial charge in [-0.15, -0.1) is 0 Å². The van der Waals surface area contributed by atoms with Crippen LogP contribution in [0.25, 0.3) is 11.4 Å². The van der Waals surface area contributed by atoms with Crippen molar-refractivity contribution in [2.24, 2.45) is 0 Å². The van der Waals surface area contributed by atoms with Crippen molar-refractivity contribution in [1.29, 1.82) is 0 Å². The van der Waals surface area contributed by atoms with E-state index in [2.05, 4.69) is 15.0 Å². The Morgan fingerprint density at radius 2 is 1.97 bits per heavy atom. The number of pyridine rings is 1. The van der Waals surface area contributed by atoms with E-state index in [9.17, 15) is 13.2 Å². The lowest BCUT2D eigenvalue weighted by Gasteiger charge is -2.26. The van der Waals surface area contributed by atoms with Crippen LogP contribution in [-0.2, 0) is 10.9 Å². The zero-order valence-corrected chi connectivity index (χ0v) is 17.4. The standard InChI is InChI=1S/C21H28F3N5O/c1-14(2)29-20(15-4-6-17(12-15)28-8-3-10-30-11-9-28)26-19(27-29)16-5-7-18(25-13-16)21(22,23)24/h5,7,13-15,17H,3-4,6,8-12H2,1-2H3/t15-,17?/m1/s1. The van der Waals surface area contributed by atoms with Crippen molar-refractivity contribution in [3.63, 3.8) is 0 Å². The monoisotopic (exact) mass is 423 g/mol. The van der Waals surface area contributed by atoms with Gasteiger partial charge in [0.2, 0.25) is 0 Å². The summed E-state index contributed by atoms with van der Waals surface area (Å²) >= 11 is 0. The van der Waals surface area contributed by atoms with Gasteiger partial charge in [-0.1, -0.05) is 0 Å². The highest BCUT2D eigenvalue weighted by atomic mass is 19.4. The SMILES string of the molecule is CC(C)n1nc(-c2ccc(C(F)(F)F)nc2)nc1[C@@H]1CCC(N2CCCOCC2)C1. The lowest BCUT2D eigenvalue weighted by Crippen LogP contribution is -2.35. The third-order valence-electron chi connectivity index (χ3n) is 6.00. The van der Waals surface area contributed by atoms with Gasteiger partial charge in [0, 0.05) is 49.5 Å². The molecule has 164 valence electrons. The molecule has 6 nitrogen and oxygen atoms in total. The fraction of sp³-hybridized carbons (Fsp3) is 0.667. The summed E-state index contributed by atoms with van der Waals surface area (Å²) in [5, 5.41) is 4.62. The molecule has 2 aromatic rings. The Labute approximate surface area is 174 Å². The van der Waals surface area contributed by atoms with Gasteiger partial charge in [0.05, 0.1) is 6.61 Å². The van der Waals surface area contributed by atoms with E-state index in [1.165, 1.54) is 12.3 Å². The molecule has 2 aromatic heterocycles. The molecule has 0 radical (unpaired) electrons. The van der Waals surface area contributed by atoms with E-state index in [1.54, 1.807) is 0 Å². The van der Waals surface area contributed by atoms with E-state index in [-0.39, 0.29) is 6.04 Å². The van der Waals surface area contributed by atoms with Crippen molar-refractivity contribution in [1.82, 2.24) is 24.6 Å². The van der Waals surface area contributed by atoms with Crippen molar-refractivity contribution in [3.05, 3.63) is 29.8 Å². The van der Waals surface area contributed by atoms with Crippen molar-refractivity contribution < 1.29 is 17.9 Å². The predicted octanol–water partition coefficient (Wildman–Crippen LogP) is 4.30. The Hall–Kier alpha value is -2.00. The highest BCUT2D eigenvalue weighted by Gasteiger charge is 2.35. The van der Waals surface area contributed by atoms with Crippen LogP contribution in [0.2, 0.25) is 0 Å². The first kappa shape index (κ1) is 21.2. The van der Waals surface area contributed by atoms with E-state index in [0.717, 1.165) is 63.9 Å². The Bertz CT molecular complexity index is 841. The molecule has 1 saturated heterocycles. The van der Waals surface area contributed by atoms with Gasteiger partial charge in [-0.05, 0) is 51.7 Å². The fourth-order valence-electron chi connectivity index (χ4n) is 4.46. The van der Waals surface area contributed by atoms with Crippen LogP contribution in [0.15, 0.2) is 18.3 Å². The minimum atomic E-state index is -4.45. The van der Waals surface area contributed by atoms with Gasteiger partial charge in [-0.2, -0.15) is 18.3 Å². The van der Waals surface area contributed by atoms with Crippen molar-refractivity contribution in [3.8, 4) is 11.4 Å². The van der Waals surface area contributed by atoms with Crippen LogP contribution in [0.3, 0.4) is 0 Å². The molecule has 1 aliphatic carbocycles. The number of nitrogens with zero attached hydrogens (tertiary/aromatic N) is 5. The van der Waals surface area contributed by atoms with E-state index >= 15 is 0 Å². The Morgan fingerprint density at radius 1 is 1.13 bits per heavy atom. The maximum Gasteiger partial charge on any atom is 0.433 e. The van der Waals surface area contributed by atoms with Gasteiger partial charge in [-0.25, -0.2) is 9.67 Å². The van der Waals surface area contributed by atoms with Crippen LogP contribution in [0, 0.1) is 0 Å². The first-order valence-electron chi connectivity index (χ1n) is 10.6. The first-order valence-corrected chi connectivity index (χ1v) is 10.6. The maximum absolute atomic E-state index is 12.8. The molecule has 1 saturated carbocycles. The van der Waals surface area contributed by atoms with Gasteiger partial charge in [-0.3, -0.25) is 9.88 Å². The molecular weight excluding hydrogens is 395 g/mol. The summed E-state index contributed by atoms with van der Waals surface area (Å²) < 4.78 is 45.9. The average Bonchev–Trinajstić information content (AvgIpc) is 3.28. The van der Waals surface area contributed by atoms with Gasteiger partial charge < -0.3 is 4.74 Å².